The van der Waals surface area contributed by atoms with Crippen molar-refractivity contribution in [3.05, 3.63) is 61.1 Å². The summed E-state index contributed by atoms with van der Waals surface area (Å²) in [7, 11) is 1.79. The van der Waals surface area contributed by atoms with Crippen LogP contribution in [0.15, 0.2) is 61.1 Å². The molecule has 2 heterocycles. The molecule has 192 valence electrons. The summed E-state index contributed by atoms with van der Waals surface area (Å²) in [6.45, 7) is 7.08. The van der Waals surface area contributed by atoms with E-state index in [-0.39, 0.29) is 29.9 Å². The normalized spacial score (nSPS) is 19.9. The number of hydrogen-bond acceptors (Lipinski definition) is 5. The molecule has 1 saturated heterocycles. The summed E-state index contributed by atoms with van der Waals surface area (Å²) >= 11 is 0. The van der Waals surface area contributed by atoms with Gasteiger partial charge in [0.2, 0.25) is 11.8 Å². The minimum absolute atomic E-state index is 0.0290. The van der Waals surface area contributed by atoms with Gasteiger partial charge in [-0.25, -0.2) is 0 Å². The summed E-state index contributed by atoms with van der Waals surface area (Å²) in [6.07, 6.45) is 10.9. The number of amides is 2. The Hall–Kier alpha value is -3.19. The summed E-state index contributed by atoms with van der Waals surface area (Å²) in [5, 5.41) is 9.46. The Morgan fingerprint density at radius 2 is 1.81 bits per heavy atom. The summed E-state index contributed by atoms with van der Waals surface area (Å²) in [4.78, 5) is 32.8. The third-order valence-electron chi connectivity index (χ3n) is 7.69. The second-order valence-corrected chi connectivity index (χ2v) is 10.0. The zero-order valence-corrected chi connectivity index (χ0v) is 21.5. The highest BCUT2D eigenvalue weighted by Gasteiger charge is 2.37. The molecular weight excluding hydrogens is 450 g/mol. The van der Waals surface area contributed by atoms with Crippen molar-refractivity contribution in [3.8, 4) is 11.1 Å². The van der Waals surface area contributed by atoms with E-state index in [1.165, 1.54) is 19.3 Å². The number of likely N-dealkylation sites (tertiary alicyclic amines) is 1. The lowest BCUT2D eigenvalue weighted by atomic mass is 9.82. The van der Waals surface area contributed by atoms with E-state index in [1.807, 2.05) is 43.3 Å². The van der Waals surface area contributed by atoms with Gasteiger partial charge in [-0.2, -0.15) is 0 Å². The van der Waals surface area contributed by atoms with E-state index in [2.05, 4.69) is 32.4 Å². The number of pyridine rings is 1. The van der Waals surface area contributed by atoms with Crippen LogP contribution in [0.2, 0.25) is 0 Å². The van der Waals surface area contributed by atoms with Crippen molar-refractivity contribution in [3.63, 3.8) is 0 Å². The molecule has 0 unspecified atom stereocenters. The highest BCUT2D eigenvalue weighted by Crippen LogP contribution is 2.34. The number of nitrogens with one attached hydrogen (secondary N) is 3. The van der Waals surface area contributed by atoms with Gasteiger partial charge in [-0.1, -0.05) is 56.2 Å². The highest BCUT2D eigenvalue weighted by atomic mass is 16.2. The van der Waals surface area contributed by atoms with Gasteiger partial charge in [-0.3, -0.25) is 14.6 Å². The van der Waals surface area contributed by atoms with Crippen molar-refractivity contribution >= 4 is 17.5 Å². The topological polar surface area (TPSA) is 86.4 Å². The van der Waals surface area contributed by atoms with E-state index in [0.717, 1.165) is 54.7 Å². The van der Waals surface area contributed by atoms with Crippen LogP contribution in [0.3, 0.4) is 0 Å². The molecule has 2 aliphatic rings. The monoisotopic (exact) mass is 489 g/mol. The molecule has 36 heavy (non-hydrogen) atoms. The van der Waals surface area contributed by atoms with E-state index in [4.69, 9.17) is 0 Å². The van der Waals surface area contributed by atoms with Crippen molar-refractivity contribution in [2.75, 3.05) is 18.9 Å². The maximum atomic E-state index is 13.6. The Labute approximate surface area is 214 Å². The Balaban J connectivity index is 1.52. The number of likely N-dealkylation sites (N-methyl/N-ethyl adjacent to an activating group) is 1. The molecule has 2 aromatic rings. The molecule has 0 bridgehead atoms. The molecule has 0 radical (unpaired) electrons. The summed E-state index contributed by atoms with van der Waals surface area (Å²) in [6, 6.07) is 11.0. The molecule has 7 nitrogen and oxygen atoms in total. The van der Waals surface area contributed by atoms with Crippen LogP contribution in [0.25, 0.3) is 11.1 Å². The van der Waals surface area contributed by atoms with Gasteiger partial charge in [-0.05, 0) is 57.2 Å². The first-order chi connectivity index (χ1) is 17.5. The number of benzene rings is 1. The number of anilines is 1. The molecule has 1 aromatic carbocycles. The molecule has 3 N–H and O–H groups in total. The summed E-state index contributed by atoms with van der Waals surface area (Å²) < 4.78 is 0. The van der Waals surface area contributed by atoms with Gasteiger partial charge < -0.3 is 20.9 Å². The van der Waals surface area contributed by atoms with Crippen molar-refractivity contribution in [1.29, 1.82) is 0 Å². The Morgan fingerprint density at radius 3 is 2.53 bits per heavy atom. The predicted octanol–water partition coefficient (Wildman–Crippen LogP) is 4.34. The number of aromatic nitrogens is 1. The lowest BCUT2D eigenvalue weighted by Gasteiger charge is -2.38. The smallest absolute Gasteiger partial charge is 0.247 e. The van der Waals surface area contributed by atoms with Gasteiger partial charge in [0.15, 0.2) is 0 Å². The van der Waals surface area contributed by atoms with Crippen LogP contribution < -0.4 is 16.0 Å². The number of rotatable bonds is 9. The molecule has 1 aliphatic carbocycles. The first kappa shape index (κ1) is 25.9. The number of hydrogen-bond donors (Lipinski definition) is 3. The van der Waals surface area contributed by atoms with Crippen LogP contribution in [0.5, 0.6) is 0 Å². The van der Waals surface area contributed by atoms with E-state index in [1.54, 1.807) is 19.4 Å². The van der Waals surface area contributed by atoms with Crippen LogP contribution in [0.1, 0.15) is 51.9 Å². The lowest BCUT2D eigenvalue weighted by Crippen LogP contribution is -2.52. The molecule has 4 rings (SSSR count). The van der Waals surface area contributed by atoms with Crippen molar-refractivity contribution in [2.45, 2.75) is 70.0 Å². The average molecular weight is 490 g/mol. The van der Waals surface area contributed by atoms with Crippen LogP contribution in [-0.2, 0) is 9.59 Å². The number of carbonyl (C=O) groups excluding carboxylic acids is 2. The molecule has 2 amide bonds. The average Bonchev–Trinajstić information content (AvgIpc) is 3.42. The second-order valence-electron chi connectivity index (χ2n) is 10.0. The zero-order valence-electron chi connectivity index (χ0n) is 21.5. The van der Waals surface area contributed by atoms with Crippen molar-refractivity contribution in [2.24, 2.45) is 5.92 Å². The van der Waals surface area contributed by atoms with E-state index < -0.39 is 0 Å². The zero-order chi connectivity index (χ0) is 25.5. The Bertz CT molecular complexity index is 1050. The third kappa shape index (κ3) is 5.95. The minimum atomic E-state index is -0.320. The van der Waals surface area contributed by atoms with E-state index in [9.17, 15) is 9.59 Å². The van der Waals surface area contributed by atoms with Gasteiger partial charge in [0.25, 0.3) is 0 Å². The fourth-order valence-corrected chi connectivity index (χ4v) is 5.48. The Morgan fingerprint density at radius 1 is 1.06 bits per heavy atom. The molecule has 3 atom stereocenters. The Kier molecular flexibility index (Phi) is 8.75. The summed E-state index contributed by atoms with van der Waals surface area (Å²) in [5.41, 5.74) is 3.50. The molecule has 0 spiro atoms. The van der Waals surface area contributed by atoms with Gasteiger partial charge >= 0.3 is 0 Å². The van der Waals surface area contributed by atoms with Gasteiger partial charge in [0, 0.05) is 30.2 Å². The minimum Gasteiger partial charge on any atom is -0.362 e. The molecular formula is C29H39N5O2. The van der Waals surface area contributed by atoms with Crippen LogP contribution in [-0.4, -0.2) is 53.4 Å². The first-order valence-corrected chi connectivity index (χ1v) is 13.2. The third-order valence-corrected chi connectivity index (χ3v) is 7.69. The lowest BCUT2D eigenvalue weighted by molar-refractivity contribution is -0.123. The quantitative estimate of drug-likeness (QED) is 0.488. The van der Waals surface area contributed by atoms with Gasteiger partial charge in [-0.15, -0.1) is 0 Å². The summed E-state index contributed by atoms with van der Waals surface area (Å²) in [5.74, 6) is 0.265. The maximum Gasteiger partial charge on any atom is 0.247 e. The van der Waals surface area contributed by atoms with Gasteiger partial charge in [0.05, 0.1) is 17.8 Å². The second kappa shape index (κ2) is 12.2. The number of carbonyl (C=O) groups is 2. The molecule has 7 heteroatoms. The molecule has 1 aromatic heterocycles. The van der Waals surface area contributed by atoms with Crippen LogP contribution >= 0.6 is 0 Å². The largest absolute Gasteiger partial charge is 0.362 e. The fraction of sp³-hybridized carbons (Fsp3) is 0.483. The highest BCUT2D eigenvalue weighted by molar-refractivity contribution is 5.98. The fourth-order valence-electron chi connectivity index (χ4n) is 5.48. The van der Waals surface area contributed by atoms with Crippen LogP contribution in [0, 0.1) is 5.92 Å². The van der Waals surface area contributed by atoms with Gasteiger partial charge in [0.1, 0.15) is 6.04 Å². The molecule has 2 fully saturated rings. The van der Waals surface area contributed by atoms with Crippen molar-refractivity contribution < 1.29 is 9.59 Å². The van der Waals surface area contributed by atoms with E-state index >= 15 is 0 Å². The van der Waals surface area contributed by atoms with Crippen molar-refractivity contribution in [1.82, 2.24) is 20.5 Å². The predicted molar refractivity (Wildman–Crippen MR) is 144 cm³/mol. The number of nitrogens with zero attached hydrogens (tertiary/aromatic N) is 2. The van der Waals surface area contributed by atoms with Crippen LogP contribution in [0.4, 0.5) is 5.69 Å². The maximum absolute atomic E-state index is 13.6. The van der Waals surface area contributed by atoms with E-state index in [0.29, 0.717) is 5.92 Å². The first-order valence-electron chi connectivity index (χ1n) is 13.2. The standard InChI is InChI=1S/C29H39N5O2/c1-20(30-3)28(35)33-27(23-13-8-5-9-14-23)21(2)34-18-10-15-26(34)29(36)32-25-16-17-31-19-24(25)22-11-6-4-7-12-22/h4,6-7,11-12,16-17,19-20,23,26-27,30H,2,5,8-10,13-15,18H2,1,3H3,(H,33,35)(H,31,32,36)/t20-,26-,27+/m0/s1. The SMILES string of the molecule is C=C([C@@H](NC(=O)[C@H](C)NC)C1CCCCC1)N1CCC[C@H]1C(=O)Nc1ccncc1-c1ccccc1. The molecule has 1 saturated carbocycles. The molecule has 1 aliphatic heterocycles.